The summed E-state index contributed by atoms with van der Waals surface area (Å²) in [6.07, 6.45) is 0.434. The molecule has 0 aliphatic carbocycles. The second kappa shape index (κ2) is 7.70. The Morgan fingerprint density at radius 1 is 1.14 bits per heavy atom. The standard InChI is InChI=1S/C18H23NO2/c1-3-15-8-6-9-17(11-15)21-13-16(20)12-19-18-10-5-4-7-14(18)2/h4-11,16,19-20H,3,12-13H2,1-2H3. The Balaban J connectivity index is 1.79. The highest BCUT2D eigenvalue weighted by atomic mass is 16.5. The minimum atomic E-state index is -0.546. The second-order valence-electron chi connectivity index (χ2n) is 5.16. The molecule has 0 spiro atoms. The van der Waals surface area contributed by atoms with Crippen LogP contribution >= 0.6 is 0 Å². The molecular weight excluding hydrogens is 262 g/mol. The van der Waals surface area contributed by atoms with E-state index in [9.17, 15) is 5.11 Å². The molecule has 0 heterocycles. The third-order valence-electron chi connectivity index (χ3n) is 3.42. The molecule has 0 aliphatic heterocycles. The molecule has 0 radical (unpaired) electrons. The summed E-state index contributed by atoms with van der Waals surface area (Å²) < 4.78 is 5.64. The van der Waals surface area contributed by atoms with Crippen LogP contribution in [0.3, 0.4) is 0 Å². The number of para-hydroxylation sites is 1. The van der Waals surface area contributed by atoms with E-state index in [2.05, 4.69) is 18.3 Å². The number of aryl methyl sites for hydroxylation is 2. The summed E-state index contributed by atoms with van der Waals surface area (Å²) >= 11 is 0. The van der Waals surface area contributed by atoms with Gasteiger partial charge in [0.15, 0.2) is 0 Å². The van der Waals surface area contributed by atoms with Crippen molar-refractivity contribution in [2.45, 2.75) is 26.4 Å². The van der Waals surface area contributed by atoms with Crippen molar-refractivity contribution in [3.8, 4) is 5.75 Å². The molecule has 3 nitrogen and oxygen atoms in total. The normalized spacial score (nSPS) is 12.0. The van der Waals surface area contributed by atoms with Gasteiger partial charge in [-0.1, -0.05) is 37.3 Å². The Bertz CT molecular complexity index is 569. The minimum absolute atomic E-state index is 0.284. The van der Waals surface area contributed by atoms with Crippen molar-refractivity contribution < 1.29 is 9.84 Å². The van der Waals surface area contributed by atoms with Crippen molar-refractivity contribution in [2.75, 3.05) is 18.5 Å². The van der Waals surface area contributed by atoms with Gasteiger partial charge in [0.25, 0.3) is 0 Å². The van der Waals surface area contributed by atoms with E-state index in [0.717, 1.165) is 17.9 Å². The van der Waals surface area contributed by atoms with Gasteiger partial charge >= 0.3 is 0 Å². The van der Waals surface area contributed by atoms with Crippen molar-refractivity contribution in [1.82, 2.24) is 0 Å². The van der Waals surface area contributed by atoms with Crippen molar-refractivity contribution in [3.63, 3.8) is 0 Å². The van der Waals surface area contributed by atoms with Gasteiger partial charge in [-0.15, -0.1) is 0 Å². The van der Waals surface area contributed by atoms with Crippen LogP contribution in [0.4, 0.5) is 5.69 Å². The number of rotatable bonds is 7. The van der Waals surface area contributed by atoms with Gasteiger partial charge < -0.3 is 15.2 Å². The Kier molecular flexibility index (Phi) is 5.64. The number of anilines is 1. The van der Waals surface area contributed by atoms with Crippen LogP contribution in [-0.2, 0) is 6.42 Å². The lowest BCUT2D eigenvalue weighted by atomic mass is 10.2. The highest BCUT2D eigenvalue weighted by molar-refractivity contribution is 5.50. The largest absolute Gasteiger partial charge is 0.491 e. The van der Waals surface area contributed by atoms with Crippen LogP contribution < -0.4 is 10.1 Å². The zero-order chi connectivity index (χ0) is 15.1. The van der Waals surface area contributed by atoms with Crippen molar-refractivity contribution in [2.24, 2.45) is 0 Å². The maximum atomic E-state index is 10.0. The van der Waals surface area contributed by atoms with E-state index in [1.807, 2.05) is 49.4 Å². The summed E-state index contributed by atoms with van der Waals surface area (Å²) in [6.45, 7) is 4.91. The number of nitrogens with one attached hydrogen (secondary N) is 1. The number of aliphatic hydroxyl groups excluding tert-OH is 1. The lowest BCUT2D eigenvalue weighted by Crippen LogP contribution is -2.26. The van der Waals surface area contributed by atoms with Gasteiger partial charge in [0.05, 0.1) is 0 Å². The molecule has 1 atom stereocenters. The van der Waals surface area contributed by atoms with Crippen LogP contribution in [-0.4, -0.2) is 24.4 Å². The molecule has 1 unspecified atom stereocenters. The number of ether oxygens (including phenoxy) is 1. The molecule has 2 aromatic rings. The predicted octanol–water partition coefficient (Wildman–Crippen LogP) is 3.41. The van der Waals surface area contributed by atoms with Gasteiger partial charge in [0, 0.05) is 12.2 Å². The molecule has 0 amide bonds. The number of hydrogen-bond donors (Lipinski definition) is 2. The molecule has 2 rings (SSSR count). The molecule has 21 heavy (non-hydrogen) atoms. The van der Waals surface area contributed by atoms with Crippen LogP contribution in [0.5, 0.6) is 5.75 Å². The fourth-order valence-corrected chi connectivity index (χ4v) is 2.11. The summed E-state index contributed by atoms with van der Waals surface area (Å²) in [5.74, 6) is 0.810. The van der Waals surface area contributed by atoms with E-state index in [1.165, 1.54) is 11.1 Å². The Morgan fingerprint density at radius 2 is 1.95 bits per heavy atom. The Labute approximate surface area is 126 Å². The smallest absolute Gasteiger partial charge is 0.119 e. The van der Waals surface area contributed by atoms with E-state index in [-0.39, 0.29) is 6.61 Å². The molecule has 112 valence electrons. The average molecular weight is 285 g/mol. The van der Waals surface area contributed by atoms with E-state index in [0.29, 0.717) is 6.54 Å². The van der Waals surface area contributed by atoms with E-state index < -0.39 is 6.10 Å². The number of hydrogen-bond acceptors (Lipinski definition) is 3. The third kappa shape index (κ3) is 4.80. The fraction of sp³-hybridized carbons (Fsp3) is 0.333. The first-order valence-electron chi connectivity index (χ1n) is 7.38. The Morgan fingerprint density at radius 3 is 2.71 bits per heavy atom. The lowest BCUT2D eigenvalue weighted by molar-refractivity contribution is 0.117. The van der Waals surface area contributed by atoms with E-state index >= 15 is 0 Å². The van der Waals surface area contributed by atoms with Crippen molar-refractivity contribution >= 4 is 5.69 Å². The molecule has 2 N–H and O–H groups in total. The van der Waals surface area contributed by atoms with Crippen molar-refractivity contribution in [1.29, 1.82) is 0 Å². The van der Waals surface area contributed by atoms with Gasteiger partial charge in [-0.25, -0.2) is 0 Å². The highest BCUT2D eigenvalue weighted by Crippen LogP contribution is 2.15. The van der Waals surface area contributed by atoms with Gasteiger partial charge in [-0.2, -0.15) is 0 Å². The van der Waals surface area contributed by atoms with Crippen molar-refractivity contribution in [3.05, 3.63) is 59.7 Å². The number of benzene rings is 2. The molecular formula is C18H23NO2. The first-order valence-corrected chi connectivity index (χ1v) is 7.38. The molecule has 2 aromatic carbocycles. The Hall–Kier alpha value is -2.00. The molecule has 0 fully saturated rings. The van der Waals surface area contributed by atoms with Gasteiger partial charge in [-0.3, -0.25) is 0 Å². The van der Waals surface area contributed by atoms with Crippen LogP contribution in [0.15, 0.2) is 48.5 Å². The quantitative estimate of drug-likeness (QED) is 0.819. The van der Waals surface area contributed by atoms with E-state index in [4.69, 9.17) is 4.74 Å². The lowest BCUT2D eigenvalue weighted by Gasteiger charge is -2.15. The summed E-state index contributed by atoms with van der Waals surface area (Å²) in [4.78, 5) is 0. The third-order valence-corrected chi connectivity index (χ3v) is 3.42. The molecule has 0 bridgehead atoms. The summed E-state index contributed by atoms with van der Waals surface area (Å²) in [5, 5.41) is 13.2. The summed E-state index contributed by atoms with van der Waals surface area (Å²) in [7, 11) is 0. The maximum Gasteiger partial charge on any atom is 0.119 e. The zero-order valence-electron chi connectivity index (χ0n) is 12.7. The SMILES string of the molecule is CCc1cccc(OCC(O)CNc2ccccc2C)c1. The topological polar surface area (TPSA) is 41.5 Å². The van der Waals surface area contributed by atoms with Gasteiger partial charge in [0.2, 0.25) is 0 Å². The molecule has 0 aliphatic rings. The van der Waals surface area contributed by atoms with Crippen LogP contribution in [0, 0.1) is 6.92 Å². The summed E-state index contributed by atoms with van der Waals surface area (Å²) in [5.41, 5.74) is 3.45. The number of aliphatic hydroxyl groups is 1. The highest BCUT2D eigenvalue weighted by Gasteiger charge is 2.06. The maximum absolute atomic E-state index is 10.0. The molecule has 0 aromatic heterocycles. The average Bonchev–Trinajstić information content (AvgIpc) is 2.52. The van der Waals surface area contributed by atoms with Crippen LogP contribution in [0.1, 0.15) is 18.1 Å². The monoisotopic (exact) mass is 285 g/mol. The van der Waals surface area contributed by atoms with Crippen LogP contribution in [0.2, 0.25) is 0 Å². The van der Waals surface area contributed by atoms with Gasteiger partial charge in [0.1, 0.15) is 18.5 Å². The zero-order valence-corrected chi connectivity index (χ0v) is 12.7. The fourth-order valence-electron chi connectivity index (χ4n) is 2.11. The predicted molar refractivity (Wildman–Crippen MR) is 87.0 cm³/mol. The first kappa shape index (κ1) is 15.4. The van der Waals surface area contributed by atoms with E-state index in [1.54, 1.807) is 0 Å². The molecule has 0 saturated carbocycles. The van der Waals surface area contributed by atoms with Crippen LogP contribution in [0.25, 0.3) is 0 Å². The minimum Gasteiger partial charge on any atom is -0.491 e. The molecule has 0 saturated heterocycles. The van der Waals surface area contributed by atoms with Gasteiger partial charge in [-0.05, 0) is 42.7 Å². The molecule has 3 heteroatoms. The first-order chi connectivity index (χ1) is 10.2. The summed E-state index contributed by atoms with van der Waals surface area (Å²) in [6, 6.07) is 16.0. The second-order valence-corrected chi connectivity index (χ2v) is 5.16.